The quantitative estimate of drug-likeness (QED) is 0.568. The number of ether oxygens (including phenoxy) is 2. The number of carbonyl (C=O) groups excluding carboxylic acids is 1. The molecule has 35 heavy (non-hydrogen) atoms. The first kappa shape index (κ1) is 24.9. The SMILES string of the molecule is COc1cc(C)cc(C)c1-c1cc(CO)c2ncc([C@@H]3CCCN(C(=O)OC(C)(C)C)C3)nc2n1. The minimum absolute atomic E-state index is 0.0341. The molecule has 8 nitrogen and oxygen atoms in total. The first-order valence-electron chi connectivity index (χ1n) is 12.0. The first-order valence-corrected chi connectivity index (χ1v) is 12.0. The van der Waals surface area contributed by atoms with Crippen molar-refractivity contribution in [2.45, 2.75) is 65.6 Å². The number of aryl methyl sites for hydroxylation is 2. The van der Waals surface area contributed by atoms with Gasteiger partial charge in [0.25, 0.3) is 0 Å². The maximum absolute atomic E-state index is 12.6. The van der Waals surface area contributed by atoms with Crippen LogP contribution < -0.4 is 4.74 Å². The highest BCUT2D eigenvalue weighted by molar-refractivity contribution is 5.81. The van der Waals surface area contributed by atoms with Crippen LogP contribution in [0.2, 0.25) is 0 Å². The maximum atomic E-state index is 12.6. The topological polar surface area (TPSA) is 97.7 Å². The molecule has 186 valence electrons. The highest BCUT2D eigenvalue weighted by Crippen LogP contribution is 2.35. The summed E-state index contributed by atoms with van der Waals surface area (Å²) in [6, 6.07) is 5.90. The van der Waals surface area contributed by atoms with Crippen molar-refractivity contribution < 1.29 is 19.4 Å². The lowest BCUT2D eigenvalue weighted by Gasteiger charge is -2.33. The molecule has 0 spiro atoms. The normalized spacial score (nSPS) is 16.4. The molecule has 8 heteroatoms. The molecular formula is C27H34N4O4. The Kier molecular flexibility index (Phi) is 6.94. The van der Waals surface area contributed by atoms with Gasteiger partial charge in [-0.05, 0) is 70.7 Å². The van der Waals surface area contributed by atoms with Crippen LogP contribution in [0.4, 0.5) is 4.79 Å². The van der Waals surface area contributed by atoms with Crippen LogP contribution in [0.3, 0.4) is 0 Å². The van der Waals surface area contributed by atoms with Crippen molar-refractivity contribution in [3.63, 3.8) is 0 Å². The van der Waals surface area contributed by atoms with Crippen LogP contribution >= 0.6 is 0 Å². The standard InChI is InChI=1S/C27H34N4O4/c1-16-10-17(2)23(22(11-16)34-6)20-12-19(15-32)24-25(29-20)30-21(13-28-24)18-8-7-9-31(14-18)26(33)35-27(3,4)5/h10-13,18,32H,7-9,14-15H2,1-6H3/t18-/m1/s1. The van der Waals surface area contributed by atoms with E-state index in [1.54, 1.807) is 18.2 Å². The fourth-order valence-electron chi connectivity index (χ4n) is 4.65. The van der Waals surface area contributed by atoms with Crippen LogP contribution in [-0.2, 0) is 11.3 Å². The van der Waals surface area contributed by atoms with Gasteiger partial charge in [0.05, 0.1) is 25.1 Å². The monoisotopic (exact) mass is 478 g/mol. The molecule has 2 aromatic heterocycles. The van der Waals surface area contributed by atoms with Crippen molar-refractivity contribution in [1.29, 1.82) is 0 Å². The number of nitrogens with zero attached hydrogens (tertiary/aromatic N) is 4. The largest absolute Gasteiger partial charge is 0.496 e. The maximum Gasteiger partial charge on any atom is 0.410 e. The predicted molar refractivity (Wildman–Crippen MR) is 134 cm³/mol. The highest BCUT2D eigenvalue weighted by Gasteiger charge is 2.29. The number of amides is 1. The molecule has 1 fully saturated rings. The number of aliphatic hydroxyl groups is 1. The molecule has 0 radical (unpaired) electrons. The second kappa shape index (κ2) is 9.77. The van der Waals surface area contributed by atoms with Gasteiger partial charge >= 0.3 is 6.09 Å². The molecule has 3 aromatic rings. The average Bonchev–Trinajstić information content (AvgIpc) is 2.81. The van der Waals surface area contributed by atoms with Crippen LogP contribution in [0.15, 0.2) is 24.4 Å². The number of benzene rings is 1. The number of likely N-dealkylation sites (tertiary alicyclic amines) is 1. The number of carbonyl (C=O) groups is 1. The zero-order chi connectivity index (χ0) is 25.3. The van der Waals surface area contributed by atoms with E-state index >= 15 is 0 Å². The highest BCUT2D eigenvalue weighted by atomic mass is 16.6. The number of methoxy groups -OCH3 is 1. The van der Waals surface area contributed by atoms with E-state index in [1.807, 2.05) is 46.8 Å². The van der Waals surface area contributed by atoms with Gasteiger partial charge in [-0.1, -0.05) is 6.07 Å². The Morgan fingerprint density at radius 1 is 1.20 bits per heavy atom. The summed E-state index contributed by atoms with van der Waals surface area (Å²) in [7, 11) is 1.64. The number of pyridine rings is 1. The van der Waals surface area contributed by atoms with E-state index in [0.717, 1.165) is 41.0 Å². The van der Waals surface area contributed by atoms with Crippen molar-refractivity contribution >= 4 is 17.3 Å². The third-order valence-corrected chi connectivity index (χ3v) is 6.20. The molecular weight excluding hydrogens is 444 g/mol. The summed E-state index contributed by atoms with van der Waals surface area (Å²) in [5.41, 5.74) is 5.63. The molecule has 1 aromatic carbocycles. The fraction of sp³-hybridized carbons (Fsp3) is 0.481. The number of aromatic nitrogens is 3. The Labute approximate surface area is 206 Å². The third kappa shape index (κ3) is 5.37. The van der Waals surface area contributed by atoms with Gasteiger partial charge in [-0.2, -0.15) is 0 Å². The second-order valence-electron chi connectivity index (χ2n) is 10.2. The number of rotatable bonds is 4. The van der Waals surface area contributed by atoms with Gasteiger partial charge in [-0.3, -0.25) is 4.98 Å². The van der Waals surface area contributed by atoms with Crippen molar-refractivity contribution in [1.82, 2.24) is 19.9 Å². The molecule has 1 N–H and O–H groups in total. The molecule has 1 atom stereocenters. The van der Waals surface area contributed by atoms with Crippen LogP contribution in [-0.4, -0.2) is 56.9 Å². The Morgan fingerprint density at radius 2 is 1.97 bits per heavy atom. The molecule has 0 unspecified atom stereocenters. The Balaban J connectivity index is 1.72. The zero-order valence-electron chi connectivity index (χ0n) is 21.4. The van der Waals surface area contributed by atoms with E-state index in [2.05, 4.69) is 11.1 Å². The number of hydrogen-bond acceptors (Lipinski definition) is 7. The first-order chi connectivity index (χ1) is 16.6. The summed E-state index contributed by atoms with van der Waals surface area (Å²) in [6.45, 7) is 10.7. The molecule has 1 amide bonds. The summed E-state index contributed by atoms with van der Waals surface area (Å²) >= 11 is 0. The predicted octanol–water partition coefficient (Wildman–Crippen LogP) is 4.92. The van der Waals surface area contributed by atoms with E-state index in [4.69, 9.17) is 19.4 Å². The third-order valence-electron chi connectivity index (χ3n) is 6.20. The summed E-state index contributed by atoms with van der Waals surface area (Å²) in [4.78, 5) is 28.7. The molecule has 0 aliphatic carbocycles. The molecule has 0 saturated carbocycles. The lowest BCUT2D eigenvalue weighted by atomic mass is 9.95. The molecule has 1 aliphatic rings. The molecule has 1 saturated heterocycles. The number of fused-ring (bicyclic) bond motifs is 1. The van der Waals surface area contributed by atoms with Crippen molar-refractivity contribution in [2.75, 3.05) is 20.2 Å². The Hall–Kier alpha value is -3.26. The van der Waals surface area contributed by atoms with E-state index in [9.17, 15) is 9.90 Å². The van der Waals surface area contributed by atoms with Crippen molar-refractivity contribution in [2.24, 2.45) is 0 Å². The summed E-state index contributed by atoms with van der Waals surface area (Å²) in [5.74, 6) is 0.759. The van der Waals surface area contributed by atoms with Gasteiger partial charge in [0.15, 0.2) is 5.65 Å². The van der Waals surface area contributed by atoms with Crippen molar-refractivity contribution in [3.8, 4) is 17.0 Å². The van der Waals surface area contributed by atoms with Gasteiger partial charge in [-0.15, -0.1) is 0 Å². The van der Waals surface area contributed by atoms with Crippen LogP contribution in [0.1, 0.15) is 61.9 Å². The average molecular weight is 479 g/mol. The molecule has 0 bridgehead atoms. The number of aliphatic hydroxyl groups excluding tert-OH is 1. The summed E-state index contributed by atoms with van der Waals surface area (Å²) in [6.07, 6.45) is 3.19. The van der Waals surface area contributed by atoms with Crippen LogP contribution in [0, 0.1) is 13.8 Å². The van der Waals surface area contributed by atoms with Gasteiger partial charge < -0.3 is 19.5 Å². The lowest BCUT2D eigenvalue weighted by molar-refractivity contribution is 0.0197. The van der Waals surface area contributed by atoms with Gasteiger partial charge in [-0.25, -0.2) is 14.8 Å². The van der Waals surface area contributed by atoms with Crippen molar-refractivity contribution in [3.05, 3.63) is 46.8 Å². The smallest absolute Gasteiger partial charge is 0.410 e. The van der Waals surface area contributed by atoms with Gasteiger partial charge in [0.2, 0.25) is 0 Å². The van der Waals surface area contributed by atoms with E-state index in [-0.39, 0.29) is 18.6 Å². The van der Waals surface area contributed by atoms with E-state index < -0.39 is 5.60 Å². The van der Waals surface area contributed by atoms with Crippen LogP contribution in [0.25, 0.3) is 22.4 Å². The van der Waals surface area contributed by atoms with E-state index in [0.29, 0.717) is 35.5 Å². The summed E-state index contributed by atoms with van der Waals surface area (Å²) < 4.78 is 11.2. The fourth-order valence-corrected chi connectivity index (χ4v) is 4.65. The molecule has 4 rings (SSSR count). The van der Waals surface area contributed by atoms with Gasteiger partial charge in [0.1, 0.15) is 16.9 Å². The Morgan fingerprint density at radius 3 is 2.66 bits per heavy atom. The number of piperidine rings is 1. The lowest BCUT2D eigenvalue weighted by Crippen LogP contribution is -2.42. The second-order valence-corrected chi connectivity index (χ2v) is 10.2. The minimum atomic E-state index is -0.539. The Bertz CT molecular complexity index is 1250. The van der Waals surface area contributed by atoms with Gasteiger partial charge in [0, 0.05) is 36.3 Å². The molecule has 1 aliphatic heterocycles. The number of hydrogen-bond donors (Lipinski definition) is 1. The molecule has 3 heterocycles. The van der Waals surface area contributed by atoms with E-state index in [1.165, 1.54) is 0 Å². The summed E-state index contributed by atoms with van der Waals surface area (Å²) in [5, 5.41) is 10.1. The minimum Gasteiger partial charge on any atom is -0.496 e. The zero-order valence-corrected chi connectivity index (χ0v) is 21.4. The van der Waals surface area contributed by atoms with Crippen LogP contribution in [0.5, 0.6) is 5.75 Å².